The van der Waals surface area contributed by atoms with Gasteiger partial charge >= 0.3 is 0 Å². The van der Waals surface area contributed by atoms with Gasteiger partial charge in [0.15, 0.2) is 0 Å². The molecule has 1 nitrogen and oxygen atoms in total. The Morgan fingerprint density at radius 3 is 2.19 bits per heavy atom. The van der Waals surface area contributed by atoms with Crippen LogP contribution in [-0.4, -0.2) is 0 Å². The molecule has 0 bridgehead atoms. The van der Waals surface area contributed by atoms with E-state index in [9.17, 15) is 0 Å². The Balaban J connectivity index is 1.36. The van der Waals surface area contributed by atoms with Crippen molar-refractivity contribution < 1.29 is 4.42 Å². The van der Waals surface area contributed by atoms with E-state index < -0.39 is 0 Å². The van der Waals surface area contributed by atoms with Crippen molar-refractivity contribution in [3.63, 3.8) is 0 Å². The molecule has 9 aromatic rings. The quantitative estimate of drug-likeness (QED) is 0.194. The van der Waals surface area contributed by atoms with Gasteiger partial charge in [0.2, 0.25) is 0 Å². The van der Waals surface area contributed by atoms with Crippen LogP contribution in [0.25, 0.3) is 97.7 Å². The van der Waals surface area contributed by atoms with Crippen LogP contribution < -0.4 is 0 Å². The SMILES string of the molecule is C=Cc1cc2oc3c(ccc4c5ccc(-c6cccc7c6sc6ccccc67)cc5c5ccccc5c43)c2cc1/C=C\C. The molecule has 0 unspecified atom stereocenters. The number of rotatable bonds is 3. The molecule has 0 radical (unpaired) electrons. The van der Waals surface area contributed by atoms with Gasteiger partial charge in [-0.15, -0.1) is 11.3 Å². The van der Waals surface area contributed by atoms with Gasteiger partial charge in [-0.05, 0) is 86.4 Å². The van der Waals surface area contributed by atoms with Crippen LogP contribution in [0.2, 0.25) is 0 Å². The monoisotopic (exact) mass is 566 g/mol. The maximum absolute atomic E-state index is 6.70. The zero-order valence-corrected chi connectivity index (χ0v) is 24.5. The van der Waals surface area contributed by atoms with Gasteiger partial charge < -0.3 is 4.42 Å². The van der Waals surface area contributed by atoms with E-state index in [2.05, 4.69) is 128 Å². The standard InChI is InChI=1S/C41H26OS/c1-3-10-25-21-36-33-20-19-32-29-18-17-26(27-14-9-15-34-30-12-7-8-16-38(30)43-41(27)34)22-35(29)28-11-5-6-13-31(28)39(32)40(33)42-37(36)23-24(25)4-2/h3-23H,2H2,1H3/b10-3-. The molecule has 0 spiro atoms. The van der Waals surface area contributed by atoms with E-state index in [-0.39, 0.29) is 0 Å². The van der Waals surface area contributed by atoms with E-state index in [0.717, 1.165) is 33.1 Å². The second kappa shape index (κ2) is 9.16. The van der Waals surface area contributed by atoms with Gasteiger partial charge in [0.25, 0.3) is 0 Å². The summed E-state index contributed by atoms with van der Waals surface area (Å²) in [6, 6.07) is 40.0. The fourth-order valence-electron chi connectivity index (χ4n) is 6.99. The molecule has 7 aromatic carbocycles. The van der Waals surface area contributed by atoms with Crippen LogP contribution in [0.15, 0.2) is 126 Å². The van der Waals surface area contributed by atoms with Crippen molar-refractivity contribution in [3.8, 4) is 11.1 Å². The second-order valence-electron chi connectivity index (χ2n) is 11.2. The van der Waals surface area contributed by atoms with Crippen LogP contribution in [0, 0.1) is 0 Å². The van der Waals surface area contributed by atoms with E-state index in [1.807, 2.05) is 24.3 Å². The van der Waals surface area contributed by atoms with Crippen LogP contribution in [0.3, 0.4) is 0 Å². The molecule has 2 aromatic heterocycles. The Labute approximate surface area is 252 Å². The summed E-state index contributed by atoms with van der Waals surface area (Å²) in [4.78, 5) is 0. The Kier molecular flexibility index (Phi) is 5.20. The van der Waals surface area contributed by atoms with Gasteiger partial charge in [0, 0.05) is 36.3 Å². The van der Waals surface area contributed by atoms with Gasteiger partial charge in [-0.1, -0.05) is 104 Å². The molecule has 0 amide bonds. The Morgan fingerprint density at radius 2 is 1.33 bits per heavy atom. The molecule has 0 aliphatic rings. The third-order valence-electron chi connectivity index (χ3n) is 8.92. The molecule has 0 fully saturated rings. The summed E-state index contributed by atoms with van der Waals surface area (Å²) in [7, 11) is 0. The highest BCUT2D eigenvalue weighted by Gasteiger charge is 2.18. The normalized spacial score (nSPS) is 12.3. The summed E-state index contributed by atoms with van der Waals surface area (Å²) in [5, 5.41) is 12.3. The minimum atomic E-state index is 0.890. The van der Waals surface area contributed by atoms with Crippen LogP contribution in [-0.2, 0) is 0 Å². The molecular weight excluding hydrogens is 541 g/mol. The first-order chi connectivity index (χ1) is 21.2. The summed E-state index contributed by atoms with van der Waals surface area (Å²) in [6.07, 6.45) is 6.11. The van der Waals surface area contributed by atoms with E-state index in [4.69, 9.17) is 4.42 Å². The number of fused-ring (bicyclic) bond motifs is 13. The van der Waals surface area contributed by atoms with Crippen LogP contribution in [0.4, 0.5) is 0 Å². The predicted octanol–water partition coefficient (Wildman–Crippen LogP) is 12.8. The van der Waals surface area contributed by atoms with Crippen molar-refractivity contribution in [1.29, 1.82) is 0 Å². The van der Waals surface area contributed by atoms with E-state index in [1.165, 1.54) is 63.6 Å². The van der Waals surface area contributed by atoms with Crippen molar-refractivity contribution in [2.24, 2.45) is 0 Å². The summed E-state index contributed by atoms with van der Waals surface area (Å²) < 4.78 is 9.37. The Bertz CT molecular complexity index is 2620. The van der Waals surface area contributed by atoms with Crippen molar-refractivity contribution in [3.05, 3.63) is 133 Å². The predicted molar refractivity (Wildman–Crippen MR) is 189 cm³/mol. The minimum Gasteiger partial charge on any atom is -0.455 e. The van der Waals surface area contributed by atoms with Gasteiger partial charge in [0.05, 0.1) is 0 Å². The number of hydrogen-bond acceptors (Lipinski definition) is 2. The van der Waals surface area contributed by atoms with Gasteiger partial charge in [-0.3, -0.25) is 0 Å². The Hall–Kier alpha value is -5.18. The van der Waals surface area contributed by atoms with Crippen LogP contribution in [0.1, 0.15) is 18.1 Å². The lowest BCUT2D eigenvalue weighted by atomic mass is 9.91. The highest BCUT2D eigenvalue weighted by atomic mass is 32.1. The first-order valence-corrected chi connectivity index (χ1v) is 15.5. The number of benzene rings is 7. The van der Waals surface area contributed by atoms with Gasteiger partial charge in [-0.25, -0.2) is 0 Å². The van der Waals surface area contributed by atoms with Crippen LogP contribution in [0.5, 0.6) is 0 Å². The van der Waals surface area contributed by atoms with Crippen molar-refractivity contribution in [2.45, 2.75) is 6.92 Å². The molecule has 9 rings (SSSR count). The lowest BCUT2D eigenvalue weighted by molar-refractivity contribution is 0.673. The molecule has 0 aliphatic heterocycles. The van der Waals surface area contributed by atoms with Crippen molar-refractivity contribution >= 4 is 97.9 Å². The maximum Gasteiger partial charge on any atom is 0.143 e. The first-order valence-electron chi connectivity index (χ1n) is 14.7. The molecule has 0 saturated carbocycles. The topological polar surface area (TPSA) is 13.1 Å². The molecule has 0 N–H and O–H groups in total. The molecular formula is C41H26OS. The Morgan fingerprint density at radius 1 is 0.605 bits per heavy atom. The fourth-order valence-corrected chi connectivity index (χ4v) is 8.23. The van der Waals surface area contributed by atoms with Crippen molar-refractivity contribution in [1.82, 2.24) is 0 Å². The number of hydrogen-bond donors (Lipinski definition) is 0. The molecule has 2 heteroatoms. The molecule has 0 atom stereocenters. The third-order valence-corrected chi connectivity index (χ3v) is 10.1. The summed E-state index contributed by atoms with van der Waals surface area (Å²) in [5.74, 6) is 0. The van der Waals surface area contributed by atoms with E-state index in [1.54, 1.807) is 0 Å². The van der Waals surface area contributed by atoms with Crippen LogP contribution >= 0.6 is 11.3 Å². The van der Waals surface area contributed by atoms with Gasteiger partial charge in [-0.2, -0.15) is 0 Å². The first kappa shape index (κ1) is 24.4. The maximum atomic E-state index is 6.70. The summed E-state index contributed by atoms with van der Waals surface area (Å²) in [5.41, 5.74) is 6.58. The van der Waals surface area contributed by atoms with E-state index in [0.29, 0.717) is 0 Å². The summed E-state index contributed by atoms with van der Waals surface area (Å²) in [6.45, 7) is 6.09. The molecule has 0 aliphatic carbocycles. The smallest absolute Gasteiger partial charge is 0.143 e. The lowest BCUT2D eigenvalue weighted by Gasteiger charge is -2.13. The number of allylic oxidation sites excluding steroid dienone is 1. The molecule has 2 heterocycles. The molecule has 202 valence electrons. The van der Waals surface area contributed by atoms with Gasteiger partial charge in [0.1, 0.15) is 11.2 Å². The average Bonchev–Trinajstić information content (AvgIpc) is 3.62. The van der Waals surface area contributed by atoms with Crippen molar-refractivity contribution in [2.75, 3.05) is 0 Å². The highest BCUT2D eigenvalue weighted by molar-refractivity contribution is 7.26. The lowest BCUT2D eigenvalue weighted by Crippen LogP contribution is -1.86. The fraction of sp³-hybridized carbons (Fsp3) is 0.0244. The average molecular weight is 567 g/mol. The molecule has 43 heavy (non-hydrogen) atoms. The number of thiophene rings is 1. The second-order valence-corrected chi connectivity index (χ2v) is 12.3. The third kappa shape index (κ3) is 3.45. The minimum absolute atomic E-state index is 0.890. The molecule has 0 saturated heterocycles. The number of furan rings is 1. The zero-order chi connectivity index (χ0) is 28.7. The zero-order valence-electron chi connectivity index (χ0n) is 23.6. The highest BCUT2D eigenvalue weighted by Crippen LogP contribution is 2.45. The summed E-state index contributed by atoms with van der Waals surface area (Å²) >= 11 is 1.88. The largest absolute Gasteiger partial charge is 0.455 e. The van der Waals surface area contributed by atoms with E-state index >= 15 is 0 Å².